The molecular formula is C58H84O6. The first kappa shape index (κ1) is 44.6. The average Bonchev–Trinajstić information content (AvgIpc) is 3.80. The van der Waals surface area contributed by atoms with Gasteiger partial charge in [0.1, 0.15) is 0 Å². The summed E-state index contributed by atoms with van der Waals surface area (Å²) in [4.78, 5) is 13.7. The Kier molecular flexibility index (Phi) is 10.7. The van der Waals surface area contributed by atoms with Crippen molar-refractivity contribution in [3.8, 4) is 11.8 Å². The van der Waals surface area contributed by atoms with E-state index in [4.69, 9.17) is 9.47 Å². The van der Waals surface area contributed by atoms with Crippen LogP contribution < -0.4 is 0 Å². The number of aliphatic hydroxyl groups is 2. The summed E-state index contributed by atoms with van der Waals surface area (Å²) < 4.78 is 12.6. The van der Waals surface area contributed by atoms with Gasteiger partial charge in [0.2, 0.25) is 0 Å². The van der Waals surface area contributed by atoms with E-state index in [2.05, 4.69) is 70.7 Å². The molecule has 0 amide bonds. The third-order valence-electron chi connectivity index (χ3n) is 24.0. The third-order valence-corrected chi connectivity index (χ3v) is 24.0. The molecule has 352 valence electrons. The standard InChI is InChI=1S/C58H84O6/c1-7-10-46-56-31-30-55-24-9-13-40(42-19-18-39-11-8-12-41(39)34-42)22-25-57-43(20-21-44-48(57)51(2,27-29-54(55,57)5)26-28-52(44,3)50(60)61)35-53(55,4)49(56)45(59)36-58(46,62)64-47(56)33-38-16-14-37(15-17-38)23-32-63-6/h14-17,39-49,59,62H,7-8,10-13,18-23,25-36H2,1-6H3,(H,60,61). The first-order valence-corrected chi connectivity index (χ1v) is 27.0. The fourth-order valence-electron chi connectivity index (χ4n) is 21.4. The van der Waals surface area contributed by atoms with E-state index in [0.717, 1.165) is 108 Å². The Labute approximate surface area is 386 Å². The molecule has 8 saturated carbocycles. The van der Waals surface area contributed by atoms with Crippen LogP contribution in [0.5, 0.6) is 0 Å². The highest BCUT2D eigenvalue weighted by molar-refractivity contribution is 5.75. The Bertz CT molecular complexity index is 2040. The molecule has 1 aliphatic heterocycles. The number of carboxylic acids is 1. The largest absolute Gasteiger partial charge is 0.481 e. The molecule has 3 spiro atoms. The topological polar surface area (TPSA) is 96.2 Å². The predicted molar refractivity (Wildman–Crippen MR) is 251 cm³/mol. The van der Waals surface area contributed by atoms with E-state index in [1.54, 1.807) is 7.11 Å². The van der Waals surface area contributed by atoms with Crippen molar-refractivity contribution < 1.29 is 29.6 Å². The lowest BCUT2D eigenvalue weighted by Crippen LogP contribution is -2.79. The van der Waals surface area contributed by atoms with Gasteiger partial charge in [-0.1, -0.05) is 83.6 Å². The molecule has 1 aromatic rings. The number of carboxylic acid groups (broad SMARTS) is 1. The number of carbonyl (C=O) groups is 1. The Morgan fingerprint density at radius 2 is 1.56 bits per heavy atom. The van der Waals surface area contributed by atoms with Gasteiger partial charge in [0.05, 0.1) is 24.2 Å². The van der Waals surface area contributed by atoms with Gasteiger partial charge in [-0.05, 0) is 190 Å². The van der Waals surface area contributed by atoms with Gasteiger partial charge in [-0.25, -0.2) is 0 Å². The molecule has 0 aromatic heterocycles. The van der Waals surface area contributed by atoms with Gasteiger partial charge in [-0.2, -0.15) is 0 Å². The molecule has 64 heavy (non-hydrogen) atoms. The minimum atomic E-state index is -1.35. The lowest BCUT2D eigenvalue weighted by molar-refractivity contribution is -0.348. The van der Waals surface area contributed by atoms with E-state index in [0.29, 0.717) is 24.4 Å². The molecule has 4 bridgehead atoms. The van der Waals surface area contributed by atoms with Gasteiger partial charge >= 0.3 is 5.97 Å². The molecule has 1 aromatic carbocycles. The quantitative estimate of drug-likeness (QED) is 0.214. The monoisotopic (exact) mass is 877 g/mol. The second kappa shape index (κ2) is 15.3. The van der Waals surface area contributed by atoms with Crippen molar-refractivity contribution in [1.82, 2.24) is 0 Å². The Balaban J connectivity index is 1.07. The van der Waals surface area contributed by atoms with Gasteiger partial charge in [-0.15, -0.1) is 5.92 Å². The maximum atomic E-state index is 13.7. The smallest absolute Gasteiger partial charge is 0.309 e. The SMILES string of the molecule is CCCC1C2(O)CC(O)C3C1(CCC14C#CCC(C5CCC6CCCC6C5)CCC56C(CCC7C5C(C)(CCC7(C)C(=O)O)CCC61C)CC34C)C(Cc1ccc(CCOC)cc1)O2. The number of hydrogen-bond acceptors (Lipinski definition) is 5. The van der Waals surface area contributed by atoms with Gasteiger partial charge < -0.3 is 24.8 Å². The predicted octanol–water partition coefficient (Wildman–Crippen LogP) is 11.8. The lowest BCUT2D eigenvalue weighted by Gasteiger charge is -2.82. The summed E-state index contributed by atoms with van der Waals surface area (Å²) in [5.74, 6) is 10.8. The van der Waals surface area contributed by atoms with Crippen molar-refractivity contribution in [1.29, 1.82) is 0 Å². The van der Waals surface area contributed by atoms with Gasteiger partial charge in [0.15, 0.2) is 5.79 Å². The van der Waals surface area contributed by atoms with Gasteiger partial charge in [-0.3, -0.25) is 4.79 Å². The second-order valence-corrected chi connectivity index (χ2v) is 25.9. The third kappa shape index (κ3) is 5.75. The summed E-state index contributed by atoms with van der Waals surface area (Å²) in [7, 11) is 1.76. The van der Waals surface area contributed by atoms with Crippen molar-refractivity contribution in [2.75, 3.05) is 13.7 Å². The molecule has 9 aliphatic carbocycles. The van der Waals surface area contributed by atoms with E-state index >= 15 is 0 Å². The van der Waals surface area contributed by atoms with E-state index in [-0.39, 0.29) is 62.8 Å². The highest BCUT2D eigenvalue weighted by atomic mass is 16.6. The van der Waals surface area contributed by atoms with E-state index in [1.807, 2.05) is 0 Å². The summed E-state index contributed by atoms with van der Waals surface area (Å²) in [5.41, 5.74) is 0.750. The normalized spacial score (nSPS) is 53.2. The Morgan fingerprint density at radius 1 is 0.828 bits per heavy atom. The Hall–Kier alpha value is -1.91. The van der Waals surface area contributed by atoms with Crippen molar-refractivity contribution in [2.24, 2.45) is 91.2 Å². The van der Waals surface area contributed by atoms with Crippen molar-refractivity contribution in [2.45, 2.75) is 200 Å². The van der Waals surface area contributed by atoms with Crippen LogP contribution in [-0.2, 0) is 27.1 Å². The molecule has 11 rings (SSSR count). The summed E-state index contributed by atoms with van der Waals surface area (Å²) in [6.45, 7) is 13.1. The van der Waals surface area contributed by atoms with Crippen LogP contribution in [0.1, 0.15) is 181 Å². The van der Waals surface area contributed by atoms with Crippen LogP contribution in [0.15, 0.2) is 24.3 Å². The molecule has 6 heteroatoms. The number of aliphatic hydroxyl groups excluding tert-OH is 1. The number of hydrogen-bond donors (Lipinski definition) is 3. The van der Waals surface area contributed by atoms with Gasteiger partial charge in [0, 0.05) is 42.6 Å². The number of rotatable bonds is 9. The van der Waals surface area contributed by atoms with E-state index in [1.165, 1.54) is 62.5 Å². The van der Waals surface area contributed by atoms with Crippen LogP contribution in [0, 0.1) is 103 Å². The first-order valence-electron chi connectivity index (χ1n) is 27.0. The van der Waals surface area contributed by atoms with Crippen LogP contribution in [0.2, 0.25) is 0 Å². The molecule has 10 aliphatic rings. The molecule has 1 saturated heterocycles. The number of fused-ring (bicyclic) bond motifs is 3. The second-order valence-electron chi connectivity index (χ2n) is 25.9. The van der Waals surface area contributed by atoms with Crippen molar-refractivity contribution in [3.63, 3.8) is 0 Å². The van der Waals surface area contributed by atoms with Crippen molar-refractivity contribution in [3.05, 3.63) is 35.4 Å². The molecule has 0 radical (unpaired) electrons. The molecule has 3 N–H and O–H groups in total. The van der Waals surface area contributed by atoms with Gasteiger partial charge in [0.25, 0.3) is 0 Å². The van der Waals surface area contributed by atoms with Crippen LogP contribution in [0.4, 0.5) is 0 Å². The fourth-order valence-corrected chi connectivity index (χ4v) is 21.4. The first-order chi connectivity index (χ1) is 30.6. The molecule has 9 fully saturated rings. The van der Waals surface area contributed by atoms with Crippen LogP contribution >= 0.6 is 0 Å². The van der Waals surface area contributed by atoms with E-state index < -0.39 is 23.3 Å². The van der Waals surface area contributed by atoms with Crippen LogP contribution in [0.25, 0.3) is 0 Å². The highest BCUT2D eigenvalue weighted by Gasteiger charge is 2.85. The maximum Gasteiger partial charge on any atom is 0.309 e. The number of ether oxygens (including phenoxy) is 2. The maximum absolute atomic E-state index is 13.7. The lowest BCUT2D eigenvalue weighted by atomic mass is 9.21. The molecule has 6 nitrogen and oxygen atoms in total. The Morgan fingerprint density at radius 3 is 2.33 bits per heavy atom. The number of methoxy groups -OCH3 is 1. The zero-order valence-electron chi connectivity index (χ0n) is 40.7. The summed E-state index contributed by atoms with van der Waals surface area (Å²) >= 11 is 0. The highest BCUT2D eigenvalue weighted by Crippen LogP contribution is 2.88. The molecule has 19 unspecified atom stereocenters. The fraction of sp³-hybridized carbons (Fsp3) is 0.845. The minimum absolute atomic E-state index is 0.00872. The minimum Gasteiger partial charge on any atom is -0.481 e. The van der Waals surface area contributed by atoms with Crippen LogP contribution in [-0.4, -0.2) is 53.0 Å². The van der Waals surface area contributed by atoms with E-state index in [9.17, 15) is 20.1 Å². The van der Waals surface area contributed by atoms with Crippen LogP contribution in [0.3, 0.4) is 0 Å². The summed E-state index contributed by atoms with van der Waals surface area (Å²) in [5, 5.41) is 37.2. The molecular weight excluding hydrogens is 793 g/mol. The zero-order valence-corrected chi connectivity index (χ0v) is 40.7. The average molecular weight is 877 g/mol. The molecule has 1 heterocycles. The summed E-state index contributed by atoms with van der Waals surface area (Å²) in [6.07, 6.45) is 23.8. The zero-order chi connectivity index (χ0) is 44.7. The molecule has 19 atom stereocenters. The van der Waals surface area contributed by atoms with Crippen molar-refractivity contribution >= 4 is 5.97 Å². The number of aliphatic carboxylic acids is 1. The number of benzene rings is 1. The summed E-state index contributed by atoms with van der Waals surface area (Å²) in [6, 6.07) is 9.02.